The molecule has 0 aromatic carbocycles. The number of halogens is 1. The van der Waals surface area contributed by atoms with Gasteiger partial charge in [-0.3, -0.25) is 4.90 Å². The van der Waals surface area contributed by atoms with Gasteiger partial charge in [0.15, 0.2) is 0 Å². The summed E-state index contributed by atoms with van der Waals surface area (Å²) in [5.74, 6) is 0. The Bertz CT molecular complexity index is 45.3. The van der Waals surface area contributed by atoms with Crippen molar-refractivity contribution in [3.63, 3.8) is 0 Å². The Morgan fingerprint density at radius 1 is 1.57 bits per heavy atom. The summed E-state index contributed by atoms with van der Waals surface area (Å²) in [6, 6.07) is 0. The van der Waals surface area contributed by atoms with Crippen molar-refractivity contribution in [2.24, 2.45) is 0 Å². The smallest absolute Gasteiger partial charge is 0.0610 e. The fourth-order valence-electron chi connectivity index (χ4n) is 0.365. The van der Waals surface area contributed by atoms with Crippen molar-refractivity contribution < 1.29 is 0 Å². The average Bonchev–Trinajstić information content (AvgIpc) is 1.65. The lowest BCUT2D eigenvalue weighted by molar-refractivity contribution is 0.391. The first-order valence-corrected chi connectivity index (χ1v) is 3.73. The van der Waals surface area contributed by atoms with Crippen LogP contribution < -0.4 is 0 Å². The molecule has 0 amide bonds. The summed E-state index contributed by atoms with van der Waals surface area (Å²) in [6.07, 6.45) is 1.23. The topological polar surface area (TPSA) is 3.24 Å². The molecular formula is C5H12IN. The molecule has 0 aromatic rings. The van der Waals surface area contributed by atoms with E-state index in [0.717, 1.165) is 0 Å². The second kappa shape index (κ2) is 3.66. The SMILES string of the molecule is CCC(I)N(C)C. The van der Waals surface area contributed by atoms with E-state index in [1.807, 2.05) is 0 Å². The van der Waals surface area contributed by atoms with Crippen LogP contribution in [0.4, 0.5) is 0 Å². The van der Waals surface area contributed by atoms with Crippen LogP contribution in [-0.4, -0.2) is 23.0 Å². The zero-order valence-corrected chi connectivity index (χ0v) is 7.27. The van der Waals surface area contributed by atoms with Gasteiger partial charge in [-0.05, 0) is 20.5 Å². The van der Waals surface area contributed by atoms with Crippen LogP contribution in [0.3, 0.4) is 0 Å². The molecule has 0 aromatic heterocycles. The van der Waals surface area contributed by atoms with Crippen LogP contribution in [0, 0.1) is 0 Å². The summed E-state index contributed by atoms with van der Waals surface area (Å²) in [4.78, 5) is 2.21. The quantitative estimate of drug-likeness (QED) is 0.383. The maximum Gasteiger partial charge on any atom is 0.0610 e. The molecule has 0 aliphatic heterocycles. The zero-order valence-electron chi connectivity index (χ0n) is 5.11. The average molecular weight is 213 g/mol. The molecule has 0 saturated heterocycles. The summed E-state index contributed by atoms with van der Waals surface area (Å²) < 4.78 is 0.706. The van der Waals surface area contributed by atoms with Crippen molar-refractivity contribution in [3.8, 4) is 0 Å². The second-order valence-electron chi connectivity index (χ2n) is 1.81. The van der Waals surface area contributed by atoms with Crippen LogP contribution in [0.15, 0.2) is 0 Å². The normalized spacial score (nSPS) is 15.0. The molecule has 0 heterocycles. The molecule has 7 heavy (non-hydrogen) atoms. The van der Waals surface area contributed by atoms with E-state index in [1.165, 1.54) is 6.42 Å². The van der Waals surface area contributed by atoms with Crippen molar-refractivity contribution in [2.45, 2.75) is 17.4 Å². The third-order valence-electron chi connectivity index (χ3n) is 0.897. The number of rotatable bonds is 2. The summed E-state index contributed by atoms with van der Waals surface area (Å²) in [5, 5.41) is 0. The van der Waals surface area contributed by atoms with Crippen molar-refractivity contribution in [1.29, 1.82) is 0 Å². The van der Waals surface area contributed by atoms with Gasteiger partial charge in [0.1, 0.15) is 0 Å². The Hall–Kier alpha value is 0.690. The summed E-state index contributed by atoms with van der Waals surface area (Å²) in [6.45, 7) is 2.19. The Morgan fingerprint density at radius 3 is 2.00 bits per heavy atom. The van der Waals surface area contributed by atoms with Gasteiger partial charge in [-0.2, -0.15) is 0 Å². The van der Waals surface area contributed by atoms with E-state index in [1.54, 1.807) is 0 Å². The standard InChI is InChI=1S/C5H12IN/c1-4-5(6)7(2)3/h5H,4H2,1-3H3. The van der Waals surface area contributed by atoms with E-state index in [9.17, 15) is 0 Å². The highest BCUT2D eigenvalue weighted by molar-refractivity contribution is 14.1. The number of hydrogen-bond acceptors (Lipinski definition) is 1. The van der Waals surface area contributed by atoms with E-state index in [-0.39, 0.29) is 0 Å². The molecule has 44 valence electrons. The molecule has 2 heteroatoms. The maximum absolute atomic E-state index is 2.42. The summed E-state index contributed by atoms with van der Waals surface area (Å²) >= 11 is 2.42. The lowest BCUT2D eigenvalue weighted by Gasteiger charge is -2.14. The van der Waals surface area contributed by atoms with Gasteiger partial charge in [-0.15, -0.1) is 0 Å². The molecule has 1 nitrogen and oxygen atoms in total. The first-order valence-electron chi connectivity index (χ1n) is 2.49. The summed E-state index contributed by atoms with van der Waals surface area (Å²) in [7, 11) is 4.20. The fourth-order valence-corrected chi connectivity index (χ4v) is 0.365. The van der Waals surface area contributed by atoms with Crippen LogP contribution in [-0.2, 0) is 0 Å². The fraction of sp³-hybridized carbons (Fsp3) is 1.00. The monoisotopic (exact) mass is 213 g/mol. The summed E-state index contributed by atoms with van der Waals surface area (Å²) in [5.41, 5.74) is 0. The molecule has 0 aliphatic carbocycles. The number of alkyl halides is 1. The zero-order chi connectivity index (χ0) is 5.86. The molecule has 0 N–H and O–H groups in total. The highest BCUT2D eigenvalue weighted by Crippen LogP contribution is 2.05. The lowest BCUT2D eigenvalue weighted by atomic mass is 10.5. The first-order chi connectivity index (χ1) is 3.18. The second-order valence-corrected chi connectivity index (χ2v) is 3.24. The maximum atomic E-state index is 2.42. The van der Waals surface area contributed by atoms with E-state index in [0.29, 0.717) is 4.05 Å². The Balaban J connectivity index is 3.14. The lowest BCUT2D eigenvalue weighted by Crippen LogP contribution is -2.20. The van der Waals surface area contributed by atoms with E-state index < -0.39 is 0 Å². The van der Waals surface area contributed by atoms with Gasteiger partial charge in [-0.1, -0.05) is 29.5 Å². The van der Waals surface area contributed by atoms with E-state index in [2.05, 4.69) is 48.5 Å². The van der Waals surface area contributed by atoms with Crippen molar-refractivity contribution in [1.82, 2.24) is 4.90 Å². The molecule has 1 unspecified atom stereocenters. The van der Waals surface area contributed by atoms with Crippen LogP contribution in [0.5, 0.6) is 0 Å². The van der Waals surface area contributed by atoms with Gasteiger partial charge in [0, 0.05) is 0 Å². The molecule has 0 radical (unpaired) electrons. The largest absolute Gasteiger partial charge is 0.298 e. The van der Waals surface area contributed by atoms with E-state index >= 15 is 0 Å². The van der Waals surface area contributed by atoms with Gasteiger partial charge in [0.25, 0.3) is 0 Å². The van der Waals surface area contributed by atoms with Crippen LogP contribution >= 0.6 is 22.6 Å². The van der Waals surface area contributed by atoms with Crippen LogP contribution in [0.2, 0.25) is 0 Å². The highest BCUT2D eigenvalue weighted by atomic mass is 127. The van der Waals surface area contributed by atoms with E-state index in [4.69, 9.17) is 0 Å². The predicted octanol–water partition coefficient (Wildman–Crippen LogP) is 1.72. The minimum absolute atomic E-state index is 0.706. The predicted molar refractivity (Wildman–Crippen MR) is 41.8 cm³/mol. The van der Waals surface area contributed by atoms with Crippen molar-refractivity contribution >= 4 is 22.6 Å². The first kappa shape index (κ1) is 7.69. The molecule has 0 fully saturated rings. The number of nitrogens with zero attached hydrogens (tertiary/aromatic N) is 1. The molecule has 0 rings (SSSR count). The van der Waals surface area contributed by atoms with Crippen molar-refractivity contribution in [2.75, 3.05) is 14.1 Å². The van der Waals surface area contributed by atoms with Gasteiger partial charge in [-0.25, -0.2) is 0 Å². The molecule has 0 saturated carbocycles. The third kappa shape index (κ3) is 3.29. The Morgan fingerprint density at radius 2 is 2.00 bits per heavy atom. The van der Waals surface area contributed by atoms with Gasteiger partial charge >= 0.3 is 0 Å². The van der Waals surface area contributed by atoms with Gasteiger partial charge in [0.2, 0.25) is 0 Å². The number of hydrogen-bond donors (Lipinski definition) is 0. The molecule has 0 aliphatic rings. The molecule has 1 atom stereocenters. The van der Waals surface area contributed by atoms with Crippen molar-refractivity contribution in [3.05, 3.63) is 0 Å². The third-order valence-corrected chi connectivity index (χ3v) is 2.89. The van der Waals surface area contributed by atoms with Crippen LogP contribution in [0.1, 0.15) is 13.3 Å². The highest BCUT2D eigenvalue weighted by Gasteiger charge is 1.99. The Labute approximate surface area is 59.2 Å². The van der Waals surface area contributed by atoms with Crippen LogP contribution in [0.25, 0.3) is 0 Å². The minimum Gasteiger partial charge on any atom is -0.298 e. The molecule has 0 spiro atoms. The molecule has 0 bridgehead atoms. The minimum atomic E-state index is 0.706. The van der Waals surface area contributed by atoms with Gasteiger partial charge in [0.05, 0.1) is 4.05 Å². The Kier molecular flexibility index (Phi) is 4.02. The van der Waals surface area contributed by atoms with Gasteiger partial charge < -0.3 is 0 Å². The molecular weight excluding hydrogens is 201 g/mol.